The second kappa shape index (κ2) is 14.5. The van der Waals surface area contributed by atoms with Gasteiger partial charge in [-0.1, -0.05) is 176 Å². The molecule has 12 rings (SSSR count). The van der Waals surface area contributed by atoms with Gasteiger partial charge in [0.15, 0.2) is 11.6 Å². The van der Waals surface area contributed by atoms with Crippen molar-refractivity contribution >= 4 is 61.4 Å². The molecule has 5 nitrogen and oxygen atoms in total. The van der Waals surface area contributed by atoms with Crippen molar-refractivity contribution in [2.24, 2.45) is 0 Å². The summed E-state index contributed by atoms with van der Waals surface area (Å²) in [6, 6.07) is 75.1. The van der Waals surface area contributed by atoms with Gasteiger partial charge >= 0.3 is 0 Å². The van der Waals surface area contributed by atoms with Gasteiger partial charge in [-0.05, 0) is 81.6 Å². The molecule has 0 amide bonds. The van der Waals surface area contributed by atoms with E-state index in [2.05, 4.69) is 198 Å². The molecule has 6 heteroatoms. The van der Waals surface area contributed by atoms with Gasteiger partial charge in [-0.2, -0.15) is 9.97 Å². The zero-order valence-corrected chi connectivity index (χ0v) is 33.7. The Morgan fingerprint density at radius 1 is 0.361 bits per heavy atom. The minimum Gasteiger partial charge on any atom is -0.308 e. The minimum atomic E-state index is 0.569. The topological polar surface area (TPSA) is 46.8 Å². The average Bonchev–Trinajstić information content (AvgIpc) is 3.68. The molecule has 286 valence electrons. The smallest absolute Gasteiger partial charge is 0.238 e. The van der Waals surface area contributed by atoms with Crippen molar-refractivity contribution in [2.75, 3.05) is 4.90 Å². The van der Waals surface area contributed by atoms with E-state index in [4.69, 9.17) is 15.0 Å². The standard InChI is InChI=1S/C55H35N5S/c1-4-14-36(15-5-1)37-24-26-40(27-25-37)54-56-53(39-17-6-2-7-18-39)57-55(58-54)60-48-33-29-38-16-10-11-21-44(38)52(48)45-31-28-41(34-49(45)60)42-30-32-47-51(35-42)61-50-23-13-12-22-46(50)59(47)43-19-8-3-9-20-43/h1-35H. The maximum atomic E-state index is 5.30. The predicted molar refractivity (Wildman–Crippen MR) is 252 cm³/mol. The summed E-state index contributed by atoms with van der Waals surface area (Å²) < 4.78 is 2.23. The van der Waals surface area contributed by atoms with E-state index in [1.807, 2.05) is 36.0 Å². The summed E-state index contributed by atoms with van der Waals surface area (Å²) in [4.78, 5) is 20.5. The van der Waals surface area contributed by atoms with Gasteiger partial charge in [0.25, 0.3) is 0 Å². The van der Waals surface area contributed by atoms with Crippen LogP contribution in [0.1, 0.15) is 0 Å². The Balaban J connectivity index is 1.06. The summed E-state index contributed by atoms with van der Waals surface area (Å²) in [5.74, 6) is 1.81. The molecule has 0 spiro atoms. The quantitative estimate of drug-likeness (QED) is 0.168. The van der Waals surface area contributed by atoms with Gasteiger partial charge in [0.1, 0.15) is 0 Å². The molecular formula is C55H35N5S. The van der Waals surface area contributed by atoms with Crippen LogP contribution < -0.4 is 4.90 Å². The number of benzene rings is 9. The zero-order chi connectivity index (χ0) is 40.3. The zero-order valence-electron chi connectivity index (χ0n) is 32.9. The molecule has 61 heavy (non-hydrogen) atoms. The molecule has 0 saturated carbocycles. The lowest BCUT2D eigenvalue weighted by Crippen LogP contribution is -2.14. The third-order valence-electron chi connectivity index (χ3n) is 11.6. The molecule has 0 bridgehead atoms. The highest BCUT2D eigenvalue weighted by molar-refractivity contribution is 7.99. The number of rotatable bonds is 6. The highest BCUT2D eigenvalue weighted by atomic mass is 32.2. The van der Waals surface area contributed by atoms with Gasteiger partial charge in [-0.25, -0.2) is 4.98 Å². The maximum Gasteiger partial charge on any atom is 0.238 e. The van der Waals surface area contributed by atoms with E-state index in [9.17, 15) is 0 Å². The first-order valence-electron chi connectivity index (χ1n) is 20.4. The van der Waals surface area contributed by atoms with Gasteiger partial charge in [0, 0.05) is 37.4 Å². The Bertz CT molecular complexity index is 3440. The summed E-state index contributed by atoms with van der Waals surface area (Å²) in [5, 5.41) is 4.69. The SMILES string of the molecule is c1ccc(-c2ccc(-c3nc(-c4ccccc4)nc(-n4c5cc(-c6ccc7c(c6)Sc6ccccc6N7c6ccccc6)ccc5c5c6ccccc6ccc54)n3)cc2)cc1. The van der Waals surface area contributed by atoms with Crippen LogP contribution in [-0.2, 0) is 0 Å². The Hall–Kier alpha value is -7.80. The first kappa shape index (κ1) is 35.2. The lowest BCUT2D eigenvalue weighted by atomic mass is 10.0. The first-order chi connectivity index (χ1) is 30.2. The van der Waals surface area contributed by atoms with Gasteiger partial charge in [-0.3, -0.25) is 4.57 Å². The summed E-state index contributed by atoms with van der Waals surface area (Å²) in [5.41, 5.74) is 12.0. The van der Waals surface area contributed by atoms with Crippen molar-refractivity contribution < 1.29 is 0 Å². The second-order valence-electron chi connectivity index (χ2n) is 15.3. The van der Waals surface area contributed by atoms with Gasteiger partial charge in [0.2, 0.25) is 5.95 Å². The third-order valence-corrected chi connectivity index (χ3v) is 12.7. The highest BCUT2D eigenvalue weighted by Crippen LogP contribution is 2.52. The third kappa shape index (κ3) is 6.07. The Morgan fingerprint density at radius 2 is 0.934 bits per heavy atom. The van der Waals surface area contributed by atoms with E-state index in [-0.39, 0.29) is 0 Å². The van der Waals surface area contributed by atoms with Crippen molar-refractivity contribution in [3.63, 3.8) is 0 Å². The van der Waals surface area contributed by atoms with Crippen LogP contribution in [0.15, 0.2) is 222 Å². The molecule has 1 aliphatic rings. The van der Waals surface area contributed by atoms with Crippen LogP contribution in [0.2, 0.25) is 0 Å². The molecule has 11 aromatic rings. The summed E-state index contributed by atoms with van der Waals surface area (Å²) >= 11 is 1.82. The average molecular weight is 798 g/mol. The molecule has 0 aliphatic carbocycles. The van der Waals surface area contributed by atoms with Crippen molar-refractivity contribution in [3.05, 3.63) is 212 Å². The number of para-hydroxylation sites is 2. The van der Waals surface area contributed by atoms with Crippen LogP contribution in [0.4, 0.5) is 17.1 Å². The molecule has 0 fully saturated rings. The van der Waals surface area contributed by atoms with Crippen LogP contribution in [0.25, 0.3) is 83.6 Å². The number of fused-ring (bicyclic) bond motifs is 7. The Labute approximate surface area is 357 Å². The number of anilines is 3. The Morgan fingerprint density at radius 3 is 1.72 bits per heavy atom. The molecular weight excluding hydrogens is 763 g/mol. The van der Waals surface area contributed by atoms with Crippen molar-refractivity contribution in [2.45, 2.75) is 9.79 Å². The molecule has 9 aromatic carbocycles. The normalized spacial score (nSPS) is 12.2. The Kier molecular flexibility index (Phi) is 8.35. The fraction of sp³-hybridized carbons (Fsp3) is 0. The maximum absolute atomic E-state index is 5.30. The summed E-state index contributed by atoms with van der Waals surface area (Å²) in [7, 11) is 0. The van der Waals surface area contributed by atoms with Crippen LogP contribution >= 0.6 is 11.8 Å². The molecule has 0 radical (unpaired) electrons. The summed E-state index contributed by atoms with van der Waals surface area (Å²) in [6.07, 6.45) is 0. The fourth-order valence-corrected chi connectivity index (χ4v) is 9.82. The van der Waals surface area contributed by atoms with Gasteiger partial charge in [-0.15, -0.1) is 0 Å². The van der Waals surface area contributed by atoms with Crippen LogP contribution in [0.5, 0.6) is 0 Å². The molecule has 0 atom stereocenters. The first-order valence-corrected chi connectivity index (χ1v) is 21.3. The molecule has 0 saturated heterocycles. The molecule has 3 heterocycles. The van der Waals surface area contributed by atoms with Crippen LogP contribution in [0.3, 0.4) is 0 Å². The van der Waals surface area contributed by atoms with Gasteiger partial charge < -0.3 is 4.90 Å². The predicted octanol–water partition coefficient (Wildman–Crippen LogP) is 14.7. The fourth-order valence-electron chi connectivity index (χ4n) is 8.73. The van der Waals surface area contributed by atoms with E-state index in [1.165, 1.54) is 42.9 Å². The molecule has 0 unspecified atom stereocenters. The van der Waals surface area contributed by atoms with E-state index in [1.54, 1.807) is 0 Å². The van der Waals surface area contributed by atoms with Crippen LogP contribution in [0, 0.1) is 0 Å². The van der Waals surface area contributed by atoms with Crippen molar-refractivity contribution in [1.82, 2.24) is 19.5 Å². The molecule has 0 N–H and O–H groups in total. The van der Waals surface area contributed by atoms with Gasteiger partial charge in [0.05, 0.1) is 22.4 Å². The lowest BCUT2D eigenvalue weighted by Gasteiger charge is -2.33. The minimum absolute atomic E-state index is 0.569. The van der Waals surface area contributed by atoms with E-state index in [0.717, 1.165) is 49.9 Å². The monoisotopic (exact) mass is 797 g/mol. The lowest BCUT2D eigenvalue weighted by molar-refractivity contribution is 0.954. The van der Waals surface area contributed by atoms with Crippen molar-refractivity contribution in [1.29, 1.82) is 0 Å². The van der Waals surface area contributed by atoms with Crippen LogP contribution in [-0.4, -0.2) is 19.5 Å². The van der Waals surface area contributed by atoms with E-state index >= 15 is 0 Å². The van der Waals surface area contributed by atoms with Crippen molar-refractivity contribution in [3.8, 4) is 51.0 Å². The summed E-state index contributed by atoms with van der Waals surface area (Å²) in [6.45, 7) is 0. The highest BCUT2D eigenvalue weighted by Gasteiger charge is 2.26. The van der Waals surface area contributed by atoms with E-state index < -0.39 is 0 Å². The largest absolute Gasteiger partial charge is 0.308 e. The molecule has 2 aromatic heterocycles. The number of aromatic nitrogens is 4. The number of nitrogens with zero attached hydrogens (tertiary/aromatic N) is 5. The second-order valence-corrected chi connectivity index (χ2v) is 16.3. The molecule has 1 aliphatic heterocycles. The van der Waals surface area contributed by atoms with E-state index in [0.29, 0.717) is 17.6 Å². The number of hydrogen-bond donors (Lipinski definition) is 0. The number of hydrogen-bond acceptors (Lipinski definition) is 5.